The minimum absolute atomic E-state index is 0.477. The summed E-state index contributed by atoms with van der Waals surface area (Å²) in [6.07, 6.45) is 0. The van der Waals surface area contributed by atoms with E-state index in [-0.39, 0.29) is 0 Å². The summed E-state index contributed by atoms with van der Waals surface area (Å²) in [4.78, 5) is 2.26. The van der Waals surface area contributed by atoms with Crippen molar-refractivity contribution in [2.24, 2.45) is 0 Å². The first-order valence-corrected chi connectivity index (χ1v) is 8.09. The number of aryl methyl sites for hydroxylation is 1. The molecule has 0 amide bonds. The van der Waals surface area contributed by atoms with Crippen LogP contribution in [0.1, 0.15) is 25.0 Å². The Morgan fingerprint density at radius 2 is 1.81 bits per heavy atom. The Morgan fingerprint density at radius 1 is 1.10 bits per heavy atom. The largest absolute Gasteiger partial charge is 0.344 e. The zero-order valence-electron chi connectivity index (χ0n) is 13.2. The third-order valence-electron chi connectivity index (χ3n) is 3.59. The predicted molar refractivity (Wildman–Crippen MR) is 95.4 cm³/mol. The summed E-state index contributed by atoms with van der Waals surface area (Å²) in [5.41, 5.74) is 5.05. The van der Waals surface area contributed by atoms with Gasteiger partial charge >= 0.3 is 0 Å². The number of nitrogens with zero attached hydrogens (tertiary/aromatic N) is 1. The lowest BCUT2D eigenvalue weighted by Crippen LogP contribution is -2.23. The van der Waals surface area contributed by atoms with Gasteiger partial charge < -0.3 is 10.2 Å². The van der Waals surface area contributed by atoms with Crippen molar-refractivity contribution in [3.05, 3.63) is 58.1 Å². The number of hydrogen-bond donors (Lipinski definition) is 1. The minimum Gasteiger partial charge on any atom is -0.344 e. The molecule has 0 radical (unpaired) electrons. The van der Waals surface area contributed by atoms with Crippen molar-refractivity contribution in [2.75, 3.05) is 11.9 Å². The van der Waals surface area contributed by atoms with Crippen molar-refractivity contribution in [2.45, 2.75) is 33.4 Å². The molecule has 112 valence electrons. The zero-order chi connectivity index (χ0) is 15.4. The van der Waals surface area contributed by atoms with Crippen LogP contribution in [0.3, 0.4) is 0 Å². The Bertz CT molecular complexity index is 608. The van der Waals surface area contributed by atoms with Crippen LogP contribution in [0.4, 0.5) is 11.4 Å². The molecule has 0 heterocycles. The average molecular weight is 347 g/mol. The molecule has 21 heavy (non-hydrogen) atoms. The van der Waals surface area contributed by atoms with E-state index in [1.54, 1.807) is 0 Å². The molecule has 2 nitrogen and oxygen atoms in total. The fourth-order valence-electron chi connectivity index (χ4n) is 2.38. The van der Waals surface area contributed by atoms with Crippen LogP contribution in [0.15, 0.2) is 46.9 Å². The van der Waals surface area contributed by atoms with Crippen LogP contribution in [0.5, 0.6) is 0 Å². The van der Waals surface area contributed by atoms with Crippen LogP contribution in [-0.4, -0.2) is 13.1 Å². The number of halogens is 1. The smallest absolute Gasteiger partial charge is 0.0465 e. The van der Waals surface area contributed by atoms with E-state index < -0.39 is 0 Å². The highest BCUT2D eigenvalue weighted by Crippen LogP contribution is 2.31. The molecule has 0 saturated heterocycles. The van der Waals surface area contributed by atoms with E-state index in [9.17, 15) is 0 Å². The van der Waals surface area contributed by atoms with Gasteiger partial charge in [-0.05, 0) is 36.2 Å². The number of para-hydroxylation sites is 1. The molecule has 0 fully saturated rings. The molecule has 3 heteroatoms. The van der Waals surface area contributed by atoms with Crippen LogP contribution in [0.25, 0.3) is 0 Å². The second-order valence-corrected chi connectivity index (χ2v) is 6.57. The number of nitrogens with one attached hydrogen (secondary N) is 1. The van der Waals surface area contributed by atoms with Gasteiger partial charge in [-0.1, -0.05) is 54.0 Å². The van der Waals surface area contributed by atoms with Crippen LogP contribution >= 0.6 is 15.9 Å². The molecule has 0 aliphatic rings. The monoisotopic (exact) mass is 346 g/mol. The average Bonchev–Trinajstić information content (AvgIpc) is 2.45. The molecule has 2 aromatic rings. The summed E-state index contributed by atoms with van der Waals surface area (Å²) in [6.45, 7) is 7.36. The van der Waals surface area contributed by atoms with Crippen LogP contribution in [-0.2, 0) is 6.54 Å². The maximum Gasteiger partial charge on any atom is 0.0465 e. The van der Waals surface area contributed by atoms with Gasteiger partial charge in [-0.2, -0.15) is 0 Å². The number of anilines is 2. The Kier molecular flexibility index (Phi) is 5.43. The molecule has 0 aromatic heterocycles. The minimum atomic E-state index is 0.477. The first-order chi connectivity index (χ1) is 9.99. The Hall–Kier alpha value is -1.32. The molecule has 0 atom stereocenters. The number of hydrogen-bond acceptors (Lipinski definition) is 2. The Labute approximate surface area is 136 Å². The third-order valence-corrected chi connectivity index (χ3v) is 4.08. The summed E-state index contributed by atoms with van der Waals surface area (Å²) < 4.78 is 1.10. The quantitative estimate of drug-likeness (QED) is 0.817. The third kappa shape index (κ3) is 4.08. The predicted octanol–water partition coefficient (Wildman–Crippen LogP) is 5.02. The molecule has 0 bridgehead atoms. The van der Waals surface area contributed by atoms with E-state index in [1.807, 2.05) is 0 Å². The molecule has 2 aromatic carbocycles. The van der Waals surface area contributed by atoms with Gasteiger partial charge in [0.15, 0.2) is 0 Å². The van der Waals surface area contributed by atoms with Gasteiger partial charge in [0.2, 0.25) is 0 Å². The molecule has 1 N–H and O–H groups in total. The normalized spacial score (nSPS) is 11.0. The van der Waals surface area contributed by atoms with Gasteiger partial charge in [-0.15, -0.1) is 0 Å². The van der Waals surface area contributed by atoms with E-state index in [0.717, 1.165) is 11.0 Å². The van der Waals surface area contributed by atoms with Crippen molar-refractivity contribution in [1.82, 2.24) is 5.32 Å². The van der Waals surface area contributed by atoms with Crippen molar-refractivity contribution in [3.63, 3.8) is 0 Å². The van der Waals surface area contributed by atoms with Crippen LogP contribution < -0.4 is 10.2 Å². The summed E-state index contributed by atoms with van der Waals surface area (Å²) in [5.74, 6) is 0. The number of benzene rings is 2. The van der Waals surface area contributed by atoms with Crippen molar-refractivity contribution in [3.8, 4) is 0 Å². The van der Waals surface area contributed by atoms with E-state index in [2.05, 4.69) is 96.4 Å². The Morgan fingerprint density at radius 3 is 2.48 bits per heavy atom. The van der Waals surface area contributed by atoms with E-state index in [1.165, 1.54) is 22.5 Å². The summed E-state index contributed by atoms with van der Waals surface area (Å²) in [5, 5.41) is 3.50. The SMILES string of the molecule is Cc1ccccc1N(C)c1cc(Br)ccc1CNC(C)C. The van der Waals surface area contributed by atoms with Crippen molar-refractivity contribution in [1.29, 1.82) is 0 Å². The van der Waals surface area contributed by atoms with Crippen molar-refractivity contribution < 1.29 is 0 Å². The van der Waals surface area contributed by atoms with Crippen LogP contribution in [0, 0.1) is 6.92 Å². The first kappa shape index (κ1) is 16.1. The second kappa shape index (κ2) is 7.10. The zero-order valence-corrected chi connectivity index (χ0v) is 14.7. The highest BCUT2D eigenvalue weighted by molar-refractivity contribution is 9.10. The summed E-state index contributed by atoms with van der Waals surface area (Å²) in [6, 6.07) is 15.4. The molecular weight excluding hydrogens is 324 g/mol. The lowest BCUT2D eigenvalue weighted by Gasteiger charge is -2.25. The molecule has 0 aliphatic heterocycles. The van der Waals surface area contributed by atoms with Crippen molar-refractivity contribution >= 4 is 27.3 Å². The fourth-order valence-corrected chi connectivity index (χ4v) is 2.73. The second-order valence-electron chi connectivity index (χ2n) is 5.65. The molecular formula is C18H23BrN2. The van der Waals surface area contributed by atoms with Gasteiger partial charge in [0, 0.05) is 35.5 Å². The molecule has 0 aliphatic carbocycles. The highest BCUT2D eigenvalue weighted by Gasteiger charge is 2.12. The molecule has 2 rings (SSSR count). The molecule has 0 saturated carbocycles. The van der Waals surface area contributed by atoms with Gasteiger partial charge in [-0.3, -0.25) is 0 Å². The molecule has 0 spiro atoms. The fraction of sp³-hybridized carbons (Fsp3) is 0.333. The lowest BCUT2D eigenvalue weighted by molar-refractivity contribution is 0.589. The first-order valence-electron chi connectivity index (χ1n) is 7.30. The van der Waals surface area contributed by atoms with Gasteiger partial charge in [0.1, 0.15) is 0 Å². The standard InChI is InChI=1S/C18H23BrN2/c1-13(2)20-12-15-9-10-16(19)11-18(15)21(4)17-8-6-5-7-14(17)3/h5-11,13,20H,12H2,1-4H3. The molecule has 0 unspecified atom stereocenters. The summed E-state index contributed by atoms with van der Waals surface area (Å²) in [7, 11) is 2.13. The topological polar surface area (TPSA) is 15.3 Å². The summed E-state index contributed by atoms with van der Waals surface area (Å²) >= 11 is 3.59. The Balaban J connectivity index is 2.37. The van der Waals surface area contributed by atoms with Crippen LogP contribution in [0.2, 0.25) is 0 Å². The lowest BCUT2D eigenvalue weighted by atomic mass is 10.1. The van der Waals surface area contributed by atoms with Gasteiger partial charge in [0.05, 0.1) is 0 Å². The van der Waals surface area contributed by atoms with E-state index in [4.69, 9.17) is 0 Å². The number of rotatable bonds is 5. The maximum atomic E-state index is 3.59. The van der Waals surface area contributed by atoms with Gasteiger partial charge in [-0.25, -0.2) is 0 Å². The van der Waals surface area contributed by atoms with E-state index in [0.29, 0.717) is 6.04 Å². The van der Waals surface area contributed by atoms with Gasteiger partial charge in [0.25, 0.3) is 0 Å². The highest BCUT2D eigenvalue weighted by atomic mass is 79.9. The van der Waals surface area contributed by atoms with E-state index >= 15 is 0 Å². The maximum absolute atomic E-state index is 3.59.